The van der Waals surface area contributed by atoms with Gasteiger partial charge < -0.3 is 15.4 Å². The Labute approximate surface area is 150 Å². The van der Waals surface area contributed by atoms with Crippen LogP contribution in [0.2, 0.25) is 0 Å². The molecule has 0 aromatic carbocycles. The summed E-state index contributed by atoms with van der Waals surface area (Å²) in [4.78, 5) is 15.4. The topological polar surface area (TPSA) is 55.6 Å². The van der Waals surface area contributed by atoms with E-state index in [4.69, 9.17) is 10.5 Å². The molecule has 134 valence electrons. The third-order valence-corrected chi connectivity index (χ3v) is 7.60. The number of carbonyl (C=O) groups is 1. The Morgan fingerprint density at radius 1 is 1.35 bits per heavy atom. The lowest BCUT2D eigenvalue weighted by atomic mass is 9.54. The van der Waals surface area contributed by atoms with Crippen LogP contribution in [0.3, 0.4) is 0 Å². The van der Waals surface area contributed by atoms with Crippen LogP contribution in [-0.4, -0.2) is 52.6 Å². The highest BCUT2D eigenvalue weighted by atomic mass is 35.5. The lowest BCUT2D eigenvalue weighted by Gasteiger charge is -2.60. The van der Waals surface area contributed by atoms with Gasteiger partial charge >= 0.3 is 0 Å². The van der Waals surface area contributed by atoms with Crippen LogP contribution in [0.25, 0.3) is 0 Å². The summed E-state index contributed by atoms with van der Waals surface area (Å²) in [6.07, 6.45) is 5.72. The second kappa shape index (κ2) is 7.11. The maximum atomic E-state index is 13.3. The number of fused-ring (bicyclic) bond motifs is 1. The van der Waals surface area contributed by atoms with Gasteiger partial charge in [0, 0.05) is 42.0 Å². The van der Waals surface area contributed by atoms with Gasteiger partial charge in [0.15, 0.2) is 0 Å². The van der Waals surface area contributed by atoms with E-state index in [1.165, 1.54) is 19.3 Å². The maximum Gasteiger partial charge on any atom is 0.243 e. The molecule has 23 heavy (non-hydrogen) atoms. The molecule has 1 heterocycles. The van der Waals surface area contributed by atoms with Crippen LogP contribution in [0.1, 0.15) is 52.9 Å². The van der Waals surface area contributed by atoms with Crippen molar-refractivity contribution < 1.29 is 9.53 Å². The second-order valence-corrected chi connectivity index (χ2v) is 8.95. The van der Waals surface area contributed by atoms with E-state index < -0.39 is 5.54 Å². The number of halogens is 1. The molecule has 3 fully saturated rings. The first-order valence-electron chi connectivity index (χ1n) is 8.75. The SMILES string of the molecule is CCOC1CC(N)(C(=O)N2CCSC3CCCCC32)C1(C)C.Cl. The summed E-state index contributed by atoms with van der Waals surface area (Å²) in [5.41, 5.74) is 5.58. The minimum absolute atomic E-state index is 0. The zero-order valence-corrected chi connectivity index (χ0v) is 16.2. The Balaban J connectivity index is 0.00000192. The van der Waals surface area contributed by atoms with Gasteiger partial charge in [-0.05, 0) is 19.8 Å². The lowest BCUT2D eigenvalue weighted by molar-refractivity contribution is -0.181. The summed E-state index contributed by atoms with van der Waals surface area (Å²) in [5.74, 6) is 1.23. The molecule has 2 aliphatic carbocycles. The molecular formula is C17H31ClN2O2S. The van der Waals surface area contributed by atoms with Crippen LogP contribution < -0.4 is 5.73 Å². The highest BCUT2D eigenvalue weighted by Crippen LogP contribution is 2.51. The van der Waals surface area contributed by atoms with Crippen LogP contribution in [-0.2, 0) is 9.53 Å². The van der Waals surface area contributed by atoms with Gasteiger partial charge in [0.25, 0.3) is 0 Å². The average molecular weight is 363 g/mol. The number of carbonyl (C=O) groups excluding carboxylic acids is 1. The maximum absolute atomic E-state index is 13.3. The van der Waals surface area contributed by atoms with Crippen molar-refractivity contribution in [2.24, 2.45) is 11.1 Å². The Kier molecular flexibility index (Phi) is 5.98. The molecule has 1 amide bonds. The van der Waals surface area contributed by atoms with Crippen molar-refractivity contribution in [2.45, 2.75) is 75.8 Å². The van der Waals surface area contributed by atoms with Crippen LogP contribution in [0.5, 0.6) is 0 Å². The van der Waals surface area contributed by atoms with Crippen molar-refractivity contribution in [2.75, 3.05) is 18.9 Å². The Morgan fingerprint density at radius 2 is 2.04 bits per heavy atom. The molecular weight excluding hydrogens is 332 g/mol. The Morgan fingerprint density at radius 3 is 2.70 bits per heavy atom. The van der Waals surface area contributed by atoms with E-state index >= 15 is 0 Å². The predicted molar refractivity (Wildman–Crippen MR) is 98.2 cm³/mol. The van der Waals surface area contributed by atoms with Crippen molar-refractivity contribution in [3.63, 3.8) is 0 Å². The largest absolute Gasteiger partial charge is 0.378 e. The minimum Gasteiger partial charge on any atom is -0.378 e. The van der Waals surface area contributed by atoms with E-state index in [-0.39, 0.29) is 29.8 Å². The van der Waals surface area contributed by atoms with E-state index in [0.29, 0.717) is 24.3 Å². The van der Waals surface area contributed by atoms with Crippen molar-refractivity contribution in [3.8, 4) is 0 Å². The Hall–Kier alpha value is 0.0300. The van der Waals surface area contributed by atoms with E-state index in [1.54, 1.807) is 0 Å². The van der Waals surface area contributed by atoms with Gasteiger partial charge in [-0.15, -0.1) is 12.4 Å². The van der Waals surface area contributed by atoms with E-state index in [0.717, 1.165) is 18.7 Å². The smallest absolute Gasteiger partial charge is 0.243 e. The molecule has 3 rings (SSSR count). The quantitative estimate of drug-likeness (QED) is 0.838. The van der Waals surface area contributed by atoms with Crippen LogP contribution in [0.15, 0.2) is 0 Å². The first-order valence-corrected chi connectivity index (χ1v) is 9.80. The van der Waals surface area contributed by atoms with Crippen molar-refractivity contribution in [3.05, 3.63) is 0 Å². The summed E-state index contributed by atoms with van der Waals surface area (Å²) in [5, 5.41) is 0.626. The molecule has 0 aromatic heterocycles. The molecule has 0 bridgehead atoms. The first kappa shape index (κ1) is 19.4. The summed E-state index contributed by atoms with van der Waals surface area (Å²) in [7, 11) is 0. The van der Waals surface area contributed by atoms with Gasteiger partial charge in [-0.2, -0.15) is 11.8 Å². The normalized spacial score (nSPS) is 39.0. The van der Waals surface area contributed by atoms with Gasteiger partial charge in [0.05, 0.1) is 6.10 Å². The van der Waals surface area contributed by atoms with Crippen molar-refractivity contribution >= 4 is 30.1 Å². The third kappa shape index (κ3) is 3.03. The van der Waals surface area contributed by atoms with Gasteiger partial charge in [0.1, 0.15) is 5.54 Å². The van der Waals surface area contributed by atoms with Crippen molar-refractivity contribution in [1.29, 1.82) is 0 Å². The molecule has 4 nitrogen and oxygen atoms in total. The summed E-state index contributed by atoms with van der Waals surface area (Å²) >= 11 is 2.05. The summed E-state index contributed by atoms with van der Waals surface area (Å²) in [6, 6.07) is 0.405. The number of amides is 1. The lowest BCUT2D eigenvalue weighted by Crippen LogP contribution is -2.77. The molecule has 3 aliphatic rings. The minimum atomic E-state index is -0.753. The number of thioether (sulfide) groups is 1. The highest BCUT2D eigenvalue weighted by Gasteiger charge is 2.64. The van der Waals surface area contributed by atoms with Gasteiger partial charge in [-0.25, -0.2) is 0 Å². The molecule has 1 aliphatic heterocycles. The number of ether oxygens (including phenoxy) is 1. The number of hydrogen-bond acceptors (Lipinski definition) is 4. The number of rotatable bonds is 3. The highest BCUT2D eigenvalue weighted by molar-refractivity contribution is 8.00. The number of nitrogens with zero attached hydrogens (tertiary/aromatic N) is 1. The predicted octanol–water partition coefficient (Wildman–Crippen LogP) is 2.83. The molecule has 0 spiro atoms. The molecule has 2 saturated carbocycles. The zero-order chi connectivity index (χ0) is 16.0. The third-order valence-electron chi connectivity index (χ3n) is 6.20. The zero-order valence-electron chi connectivity index (χ0n) is 14.5. The van der Waals surface area contributed by atoms with E-state index in [2.05, 4.69) is 30.5 Å². The molecule has 6 heteroatoms. The standard InChI is InChI=1S/C17H30N2O2S.ClH/c1-4-21-14-11-17(18,16(14,2)3)15(20)19-9-10-22-13-8-6-5-7-12(13)19;/h12-14H,4-11,18H2,1-3H3;1H. The fourth-order valence-corrected chi connectivity index (χ4v) is 5.85. The van der Waals surface area contributed by atoms with Crippen LogP contribution >= 0.6 is 24.2 Å². The second-order valence-electron chi connectivity index (χ2n) is 7.60. The Bertz CT molecular complexity index is 446. The van der Waals surface area contributed by atoms with E-state index in [9.17, 15) is 4.79 Å². The van der Waals surface area contributed by atoms with Gasteiger partial charge in [0.2, 0.25) is 5.91 Å². The molecule has 0 radical (unpaired) electrons. The summed E-state index contributed by atoms with van der Waals surface area (Å²) in [6.45, 7) is 7.73. The van der Waals surface area contributed by atoms with Gasteiger partial charge in [-0.1, -0.05) is 26.7 Å². The fraction of sp³-hybridized carbons (Fsp3) is 0.941. The van der Waals surface area contributed by atoms with Crippen LogP contribution in [0.4, 0.5) is 0 Å². The number of hydrogen-bond donors (Lipinski definition) is 1. The average Bonchev–Trinajstić information content (AvgIpc) is 2.53. The molecule has 0 aromatic rings. The van der Waals surface area contributed by atoms with E-state index in [1.807, 2.05) is 6.92 Å². The summed E-state index contributed by atoms with van der Waals surface area (Å²) < 4.78 is 5.78. The molecule has 4 unspecified atom stereocenters. The van der Waals surface area contributed by atoms with Crippen molar-refractivity contribution in [1.82, 2.24) is 4.90 Å². The van der Waals surface area contributed by atoms with Crippen LogP contribution in [0, 0.1) is 5.41 Å². The first-order chi connectivity index (χ1) is 10.4. The fourth-order valence-electron chi connectivity index (χ4n) is 4.40. The molecule has 2 N–H and O–H groups in total. The van der Waals surface area contributed by atoms with Gasteiger partial charge in [-0.3, -0.25) is 4.79 Å². The molecule has 4 atom stereocenters. The molecule has 1 saturated heterocycles. The number of nitrogens with two attached hydrogens (primary N) is 1. The monoisotopic (exact) mass is 362 g/mol.